The number of pyridine rings is 1. The molecule has 0 aliphatic rings. The van der Waals surface area contributed by atoms with Crippen molar-refractivity contribution in [1.29, 1.82) is 0 Å². The largest absolute Gasteiger partial charge is 0.489 e. The highest BCUT2D eigenvalue weighted by molar-refractivity contribution is 5.98. The molecule has 0 unspecified atom stereocenters. The van der Waals surface area contributed by atoms with E-state index in [2.05, 4.69) is 58.7 Å². The maximum atomic E-state index is 13.5. The third-order valence-electron chi connectivity index (χ3n) is 5.87. The monoisotopic (exact) mass is 480 g/mol. The molecule has 1 heterocycles. The lowest BCUT2D eigenvalue weighted by Gasteiger charge is -2.20. The fourth-order valence-electron chi connectivity index (χ4n) is 3.88. The Morgan fingerprint density at radius 2 is 1.83 bits per heavy atom. The molecule has 1 N–H and O–H groups in total. The van der Waals surface area contributed by atoms with Crippen molar-refractivity contribution in [1.82, 2.24) is 4.57 Å². The molecular formula is C30H44N2O3. The lowest BCUT2D eigenvalue weighted by atomic mass is 10.1. The topological polar surface area (TPSA) is 52.5 Å². The van der Waals surface area contributed by atoms with E-state index in [9.17, 15) is 4.79 Å². The van der Waals surface area contributed by atoms with Crippen LogP contribution in [0.3, 0.4) is 0 Å². The fraction of sp³-hybridized carbons (Fsp3) is 0.500. The second-order valence-corrected chi connectivity index (χ2v) is 9.22. The number of unbranched alkanes of at least 4 members (excludes halogenated alkanes) is 2. The van der Waals surface area contributed by atoms with Crippen LogP contribution in [-0.4, -0.2) is 24.3 Å². The number of benzene rings is 1. The first-order chi connectivity index (χ1) is 16.9. The Balaban J connectivity index is 2.53. The van der Waals surface area contributed by atoms with Crippen molar-refractivity contribution >= 4 is 16.6 Å². The first kappa shape index (κ1) is 28.3. The summed E-state index contributed by atoms with van der Waals surface area (Å²) in [6.45, 7) is 16.6. The number of hydrogen-bond acceptors (Lipinski definition) is 4. The molecule has 0 radical (unpaired) electrons. The van der Waals surface area contributed by atoms with Crippen LogP contribution in [0.15, 0.2) is 58.9 Å². The molecule has 2 aromatic rings. The quantitative estimate of drug-likeness (QED) is 0.198. The highest BCUT2D eigenvalue weighted by Gasteiger charge is 2.21. The number of aryl methyl sites for hydroxylation is 1. The normalized spacial score (nSPS) is 11.4. The van der Waals surface area contributed by atoms with E-state index in [0.717, 1.165) is 55.1 Å². The van der Waals surface area contributed by atoms with E-state index in [1.807, 2.05) is 22.8 Å². The van der Waals surface area contributed by atoms with Crippen LogP contribution in [0.5, 0.6) is 11.5 Å². The maximum Gasteiger partial charge on any atom is 0.297 e. The Hall–Kier alpha value is -2.95. The van der Waals surface area contributed by atoms with Gasteiger partial charge in [-0.05, 0) is 58.6 Å². The van der Waals surface area contributed by atoms with Gasteiger partial charge in [0, 0.05) is 18.8 Å². The molecule has 2 rings (SSSR count). The Labute approximate surface area is 211 Å². The number of anilines is 1. The van der Waals surface area contributed by atoms with Gasteiger partial charge >= 0.3 is 0 Å². The second kappa shape index (κ2) is 15.1. The van der Waals surface area contributed by atoms with Crippen LogP contribution in [0.25, 0.3) is 10.9 Å². The molecule has 5 heteroatoms. The van der Waals surface area contributed by atoms with Gasteiger partial charge in [0.05, 0.1) is 17.5 Å². The fourth-order valence-corrected chi connectivity index (χ4v) is 3.88. The summed E-state index contributed by atoms with van der Waals surface area (Å²) in [6.07, 6.45) is 12.1. The number of allylic oxidation sites excluding steroid dienone is 3. The van der Waals surface area contributed by atoms with Crippen LogP contribution in [0.4, 0.5) is 5.69 Å². The molecule has 5 nitrogen and oxygen atoms in total. The lowest BCUT2D eigenvalue weighted by molar-refractivity contribution is 0.278. The summed E-state index contributed by atoms with van der Waals surface area (Å²) in [7, 11) is 0. The summed E-state index contributed by atoms with van der Waals surface area (Å²) in [5.41, 5.74) is 4.37. The van der Waals surface area contributed by atoms with Gasteiger partial charge in [-0.25, -0.2) is 0 Å². The van der Waals surface area contributed by atoms with Gasteiger partial charge in [0.1, 0.15) is 6.61 Å². The zero-order valence-corrected chi connectivity index (χ0v) is 22.4. The highest BCUT2D eigenvalue weighted by atomic mass is 16.5. The SMILES string of the molecule is C=CCOc1c(OCCCC)c2c(NCC=C(C)CCC=C(C)C)cccc2n(CCCC)c1=O. The molecule has 0 aliphatic carbocycles. The van der Waals surface area contributed by atoms with Gasteiger partial charge in [-0.1, -0.05) is 68.7 Å². The van der Waals surface area contributed by atoms with Crippen molar-refractivity contribution in [3.8, 4) is 11.5 Å². The number of fused-ring (bicyclic) bond motifs is 1. The molecule has 1 aromatic carbocycles. The molecule has 0 aliphatic heterocycles. The van der Waals surface area contributed by atoms with Gasteiger partial charge < -0.3 is 19.4 Å². The zero-order valence-electron chi connectivity index (χ0n) is 22.4. The van der Waals surface area contributed by atoms with Gasteiger partial charge in [0.2, 0.25) is 5.75 Å². The van der Waals surface area contributed by atoms with E-state index in [1.54, 1.807) is 6.08 Å². The number of ether oxygens (including phenoxy) is 2. The highest BCUT2D eigenvalue weighted by Crippen LogP contribution is 2.38. The van der Waals surface area contributed by atoms with Crippen LogP contribution >= 0.6 is 0 Å². The van der Waals surface area contributed by atoms with Crippen molar-refractivity contribution < 1.29 is 9.47 Å². The lowest BCUT2D eigenvalue weighted by Crippen LogP contribution is -2.24. The van der Waals surface area contributed by atoms with Gasteiger partial charge in [0.15, 0.2) is 5.75 Å². The average Bonchev–Trinajstić information content (AvgIpc) is 2.83. The number of rotatable bonds is 16. The minimum atomic E-state index is -0.147. The summed E-state index contributed by atoms with van der Waals surface area (Å²) in [6, 6.07) is 6.05. The Kier molecular flexibility index (Phi) is 12.2. The minimum Gasteiger partial charge on any atom is -0.489 e. The number of nitrogens with one attached hydrogen (secondary N) is 1. The van der Waals surface area contributed by atoms with Gasteiger partial charge in [-0.2, -0.15) is 0 Å². The van der Waals surface area contributed by atoms with Crippen molar-refractivity contribution in [3.05, 3.63) is 64.5 Å². The van der Waals surface area contributed by atoms with Crippen molar-refractivity contribution in [2.24, 2.45) is 0 Å². The van der Waals surface area contributed by atoms with Gasteiger partial charge in [0.25, 0.3) is 5.56 Å². The molecule has 192 valence electrons. The number of aromatic nitrogens is 1. The van der Waals surface area contributed by atoms with Crippen LogP contribution in [0.2, 0.25) is 0 Å². The van der Waals surface area contributed by atoms with Gasteiger partial charge in [-0.15, -0.1) is 0 Å². The van der Waals surface area contributed by atoms with Crippen LogP contribution < -0.4 is 20.3 Å². The van der Waals surface area contributed by atoms with Crippen molar-refractivity contribution in [2.75, 3.05) is 25.1 Å². The van der Waals surface area contributed by atoms with Gasteiger partial charge in [-0.3, -0.25) is 4.79 Å². The van der Waals surface area contributed by atoms with E-state index in [1.165, 1.54) is 11.1 Å². The molecule has 0 bridgehead atoms. The molecule has 0 spiro atoms. The van der Waals surface area contributed by atoms with Crippen molar-refractivity contribution in [2.45, 2.75) is 79.7 Å². The third-order valence-corrected chi connectivity index (χ3v) is 5.87. The Bertz CT molecular complexity index is 1080. The van der Waals surface area contributed by atoms with E-state index in [0.29, 0.717) is 25.4 Å². The molecule has 1 aromatic heterocycles. The molecule has 0 fully saturated rings. The number of hydrogen-bond donors (Lipinski definition) is 1. The molecule has 35 heavy (non-hydrogen) atoms. The maximum absolute atomic E-state index is 13.5. The van der Waals surface area contributed by atoms with E-state index in [-0.39, 0.29) is 17.9 Å². The van der Waals surface area contributed by atoms with E-state index < -0.39 is 0 Å². The summed E-state index contributed by atoms with van der Waals surface area (Å²) in [5.74, 6) is 0.799. The number of nitrogens with zero attached hydrogens (tertiary/aromatic N) is 1. The molecule has 0 atom stereocenters. The molecule has 0 saturated heterocycles. The summed E-state index contributed by atoms with van der Waals surface area (Å²) in [5, 5.41) is 4.47. The second-order valence-electron chi connectivity index (χ2n) is 9.22. The predicted molar refractivity (Wildman–Crippen MR) is 150 cm³/mol. The third kappa shape index (κ3) is 8.34. The molecular weight excluding hydrogens is 436 g/mol. The van der Waals surface area contributed by atoms with Crippen LogP contribution in [-0.2, 0) is 6.54 Å². The van der Waals surface area contributed by atoms with E-state index in [4.69, 9.17) is 9.47 Å². The van der Waals surface area contributed by atoms with Crippen molar-refractivity contribution in [3.63, 3.8) is 0 Å². The summed E-state index contributed by atoms with van der Waals surface area (Å²) >= 11 is 0. The Morgan fingerprint density at radius 3 is 2.51 bits per heavy atom. The Morgan fingerprint density at radius 1 is 1.06 bits per heavy atom. The molecule has 0 amide bonds. The average molecular weight is 481 g/mol. The predicted octanol–water partition coefficient (Wildman–Crippen LogP) is 7.65. The first-order valence-corrected chi connectivity index (χ1v) is 13.0. The molecule has 0 saturated carbocycles. The summed E-state index contributed by atoms with van der Waals surface area (Å²) in [4.78, 5) is 13.5. The minimum absolute atomic E-state index is 0.147. The van der Waals surface area contributed by atoms with Crippen LogP contribution in [0, 0.1) is 0 Å². The first-order valence-electron chi connectivity index (χ1n) is 13.0. The van der Waals surface area contributed by atoms with Crippen LogP contribution in [0.1, 0.15) is 73.1 Å². The standard InChI is InChI=1S/C30H44N2O3/c1-7-10-20-32-26-17-13-16-25(31-19-18-24(6)15-12-14-23(4)5)27(26)28(35-22-11-8-2)29(30(32)33)34-21-9-3/h9,13-14,16-18,31H,3,7-8,10-12,15,19-22H2,1-2,4-6H3. The smallest absolute Gasteiger partial charge is 0.297 e. The zero-order chi connectivity index (χ0) is 25.6. The summed E-state index contributed by atoms with van der Waals surface area (Å²) < 4.78 is 14.0. The van der Waals surface area contributed by atoms with E-state index >= 15 is 0 Å².